The molecule has 1 aromatic heterocycles. The van der Waals surface area contributed by atoms with Crippen LogP contribution in [-0.2, 0) is 0 Å². The third-order valence-corrected chi connectivity index (χ3v) is 4.42. The first kappa shape index (κ1) is 18.6. The minimum Gasteiger partial charge on any atom is -0.338 e. The second kappa shape index (κ2) is 7.43. The van der Waals surface area contributed by atoms with Gasteiger partial charge in [0, 0.05) is 19.1 Å². The average Bonchev–Trinajstić information content (AvgIpc) is 2.61. The number of piperidine rings is 1. The number of carbonyl (C=O) groups is 1. The first-order valence-corrected chi connectivity index (χ1v) is 6.79. The van der Waals surface area contributed by atoms with E-state index in [-0.39, 0.29) is 36.8 Å². The van der Waals surface area contributed by atoms with Gasteiger partial charge in [0.1, 0.15) is 4.88 Å². The van der Waals surface area contributed by atoms with Gasteiger partial charge in [0.25, 0.3) is 5.91 Å². The number of carbonyl (C=O) groups excluding carboxylic acids is 1. The van der Waals surface area contributed by atoms with Crippen LogP contribution in [0.1, 0.15) is 33.7 Å². The number of aryl methyl sites for hydroxylation is 2. The molecule has 0 aliphatic carbocycles. The van der Waals surface area contributed by atoms with Crippen molar-refractivity contribution in [2.45, 2.75) is 33.2 Å². The highest BCUT2D eigenvalue weighted by atomic mass is 35.5. The molecule has 2 heterocycles. The topological polar surface area (TPSA) is 59.2 Å². The van der Waals surface area contributed by atoms with E-state index in [2.05, 4.69) is 11.9 Å². The van der Waals surface area contributed by atoms with Crippen molar-refractivity contribution < 1.29 is 4.79 Å². The van der Waals surface area contributed by atoms with Crippen LogP contribution in [0.2, 0.25) is 0 Å². The van der Waals surface area contributed by atoms with E-state index in [0.717, 1.165) is 35.1 Å². The number of rotatable bonds is 1. The molecule has 1 aliphatic heterocycles. The summed E-state index contributed by atoms with van der Waals surface area (Å²) in [7, 11) is 0. The predicted octanol–water partition coefficient (Wildman–Crippen LogP) is 2.41. The molecule has 0 radical (unpaired) electrons. The van der Waals surface area contributed by atoms with E-state index in [1.807, 2.05) is 18.7 Å². The summed E-state index contributed by atoms with van der Waals surface area (Å²) in [5, 5.41) is 0.951. The first-order chi connectivity index (χ1) is 7.99. The van der Waals surface area contributed by atoms with E-state index in [1.54, 1.807) is 0 Å². The minimum absolute atomic E-state index is 0. The van der Waals surface area contributed by atoms with Crippen LogP contribution in [0.15, 0.2) is 0 Å². The molecule has 1 saturated heterocycles. The summed E-state index contributed by atoms with van der Waals surface area (Å²) in [6.45, 7) is 7.46. The smallest absolute Gasteiger partial charge is 0.265 e. The van der Waals surface area contributed by atoms with Crippen molar-refractivity contribution in [3.05, 3.63) is 15.6 Å². The van der Waals surface area contributed by atoms with Crippen molar-refractivity contribution in [1.82, 2.24) is 9.88 Å². The molecule has 1 amide bonds. The van der Waals surface area contributed by atoms with E-state index in [0.29, 0.717) is 5.92 Å². The second-order valence-electron chi connectivity index (χ2n) is 4.83. The van der Waals surface area contributed by atoms with Gasteiger partial charge in [-0.05, 0) is 26.2 Å². The molecule has 4 nitrogen and oxygen atoms in total. The van der Waals surface area contributed by atoms with E-state index < -0.39 is 0 Å². The van der Waals surface area contributed by atoms with Crippen LogP contribution in [0.3, 0.4) is 0 Å². The Balaban J connectivity index is 0.00000162. The molecule has 0 bridgehead atoms. The maximum atomic E-state index is 12.3. The number of thiazole rings is 1. The molecule has 0 spiro atoms. The summed E-state index contributed by atoms with van der Waals surface area (Å²) in [6.07, 6.45) is 0.893. The zero-order valence-electron chi connectivity index (χ0n) is 11.4. The monoisotopic (exact) mass is 325 g/mol. The van der Waals surface area contributed by atoms with Crippen molar-refractivity contribution in [2.75, 3.05) is 13.1 Å². The van der Waals surface area contributed by atoms with Crippen LogP contribution in [0, 0.1) is 19.8 Å². The Morgan fingerprint density at radius 2 is 2.05 bits per heavy atom. The molecule has 2 atom stereocenters. The van der Waals surface area contributed by atoms with Gasteiger partial charge in [-0.1, -0.05) is 6.92 Å². The molecule has 1 aromatic rings. The first-order valence-electron chi connectivity index (χ1n) is 5.98. The van der Waals surface area contributed by atoms with Gasteiger partial charge in [0.05, 0.1) is 10.7 Å². The summed E-state index contributed by atoms with van der Waals surface area (Å²) in [5.74, 6) is 0.494. The van der Waals surface area contributed by atoms with Crippen LogP contribution >= 0.6 is 36.2 Å². The van der Waals surface area contributed by atoms with Crippen molar-refractivity contribution in [1.29, 1.82) is 0 Å². The number of hydrogen-bond acceptors (Lipinski definition) is 4. The molecule has 7 heteroatoms. The lowest BCUT2D eigenvalue weighted by molar-refractivity contribution is 0.0668. The third-order valence-electron chi connectivity index (χ3n) is 3.36. The second-order valence-corrected chi connectivity index (χ2v) is 6.03. The summed E-state index contributed by atoms with van der Waals surface area (Å²) in [5.41, 5.74) is 6.81. The number of nitrogens with zero attached hydrogens (tertiary/aromatic N) is 2. The van der Waals surface area contributed by atoms with Crippen molar-refractivity contribution >= 4 is 42.1 Å². The van der Waals surface area contributed by atoms with E-state index >= 15 is 0 Å². The van der Waals surface area contributed by atoms with Gasteiger partial charge in [-0.15, -0.1) is 36.2 Å². The number of halogens is 2. The zero-order chi connectivity index (χ0) is 12.6. The molecule has 0 aromatic carbocycles. The van der Waals surface area contributed by atoms with Gasteiger partial charge < -0.3 is 10.6 Å². The van der Waals surface area contributed by atoms with Crippen LogP contribution in [0.5, 0.6) is 0 Å². The number of likely N-dealkylation sites (tertiary alicyclic amines) is 1. The Morgan fingerprint density at radius 3 is 2.53 bits per heavy atom. The normalized spacial score (nSPS) is 22.4. The number of nitrogens with two attached hydrogens (primary N) is 1. The van der Waals surface area contributed by atoms with Gasteiger partial charge in [-0.25, -0.2) is 4.98 Å². The minimum atomic E-state index is 0. The number of aromatic nitrogens is 1. The van der Waals surface area contributed by atoms with Gasteiger partial charge in [0.2, 0.25) is 0 Å². The van der Waals surface area contributed by atoms with Crippen LogP contribution in [0.25, 0.3) is 0 Å². The summed E-state index contributed by atoms with van der Waals surface area (Å²) in [4.78, 5) is 19.3. The molecule has 0 saturated carbocycles. The Hall–Kier alpha value is -0.360. The predicted molar refractivity (Wildman–Crippen MR) is 83.7 cm³/mol. The lowest BCUT2D eigenvalue weighted by Crippen LogP contribution is -2.48. The number of amides is 1. The maximum absolute atomic E-state index is 12.3. The standard InChI is InChI=1S/C12H19N3OS.2ClH/c1-7-6-15(5-4-10(7)13)12(16)11-8(2)14-9(3)17-11;;/h7,10H,4-6,13H2,1-3H3;2*1H. The van der Waals surface area contributed by atoms with E-state index in [4.69, 9.17) is 5.73 Å². The molecule has 2 rings (SSSR count). The Bertz CT molecular complexity index is 439. The largest absolute Gasteiger partial charge is 0.338 e. The Morgan fingerprint density at radius 1 is 1.42 bits per heavy atom. The Labute approximate surface area is 130 Å². The zero-order valence-corrected chi connectivity index (χ0v) is 13.8. The van der Waals surface area contributed by atoms with Gasteiger partial charge in [0.15, 0.2) is 0 Å². The van der Waals surface area contributed by atoms with Crippen molar-refractivity contribution in [2.24, 2.45) is 11.7 Å². The highest BCUT2D eigenvalue weighted by Gasteiger charge is 2.28. The average molecular weight is 326 g/mol. The lowest BCUT2D eigenvalue weighted by atomic mass is 9.95. The molecular formula is C12H21Cl2N3OS. The summed E-state index contributed by atoms with van der Waals surface area (Å²) >= 11 is 1.48. The fourth-order valence-corrected chi connectivity index (χ4v) is 3.11. The van der Waals surface area contributed by atoms with Crippen molar-refractivity contribution in [3.63, 3.8) is 0 Å². The summed E-state index contributed by atoms with van der Waals surface area (Å²) < 4.78 is 0. The molecule has 2 N–H and O–H groups in total. The Kier molecular flexibility index (Phi) is 7.29. The highest BCUT2D eigenvalue weighted by molar-refractivity contribution is 7.13. The van der Waals surface area contributed by atoms with Crippen LogP contribution < -0.4 is 5.73 Å². The molecule has 110 valence electrons. The van der Waals surface area contributed by atoms with Crippen LogP contribution in [-0.4, -0.2) is 34.9 Å². The van der Waals surface area contributed by atoms with Gasteiger partial charge in [-0.3, -0.25) is 4.79 Å². The van der Waals surface area contributed by atoms with E-state index in [9.17, 15) is 4.79 Å². The molecule has 2 unspecified atom stereocenters. The molecule has 19 heavy (non-hydrogen) atoms. The fourth-order valence-electron chi connectivity index (χ4n) is 2.22. The van der Waals surface area contributed by atoms with Gasteiger partial charge in [-0.2, -0.15) is 0 Å². The van der Waals surface area contributed by atoms with E-state index in [1.165, 1.54) is 11.3 Å². The fraction of sp³-hybridized carbons (Fsp3) is 0.667. The maximum Gasteiger partial charge on any atom is 0.265 e. The van der Waals surface area contributed by atoms with Gasteiger partial charge >= 0.3 is 0 Å². The van der Waals surface area contributed by atoms with Crippen LogP contribution in [0.4, 0.5) is 0 Å². The molecule has 1 fully saturated rings. The SMILES string of the molecule is Cc1nc(C)c(C(=O)N2CCC(N)C(C)C2)s1.Cl.Cl. The quantitative estimate of drug-likeness (QED) is 0.862. The van der Waals surface area contributed by atoms with Crippen molar-refractivity contribution in [3.8, 4) is 0 Å². The molecule has 1 aliphatic rings. The lowest BCUT2D eigenvalue weighted by Gasteiger charge is -2.34. The summed E-state index contributed by atoms with van der Waals surface area (Å²) in [6, 6.07) is 0.225. The molecular weight excluding hydrogens is 305 g/mol. The number of hydrogen-bond donors (Lipinski definition) is 1. The third kappa shape index (κ3) is 4.05. The highest BCUT2D eigenvalue weighted by Crippen LogP contribution is 2.22.